The Labute approximate surface area is 249 Å². The van der Waals surface area contributed by atoms with Crippen molar-refractivity contribution in [2.45, 2.75) is 56.8 Å². The topological polar surface area (TPSA) is 111 Å². The Morgan fingerprint density at radius 3 is 2.74 bits per heavy atom. The van der Waals surface area contributed by atoms with E-state index < -0.39 is 36.8 Å². The molecule has 2 aromatic carbocycles. The molecule has 6 atom stereocenters. The van der Waals surface area contributed by atoms with Gasteiger partial charge in [0.05, 0.1) is 30.2 Å². The number of rotatable bonds is 6. The molecular weight excluding hydrogens is 584 g/mol. The average Bonchev–Trinajstić information content (AvgIpc) is 3.30. The SMILES string of the molecule is C[C@H]1COCC[C@@H]1n1c(O[C@H]2C[C@@H](C3OC3O)N(c3nc(C(F)F)nc4c3oc3ccccc34)C2)nc2ccc(Cl)cc21. The molecule has 0 radical (unpaired) electrons. The number of ether oxygens (including phenoxy) is 3. The number of imidazole rings is 1. The number of fused-ring (bicyclic) bond motifs is 4. The molecule has 8 rings (SSSR count). The number of epoxide rings is 1. The molecule has 3 fully saturated rings. The molecular formula is C30H28ClF2N5O5. The van der Waals surface area contributed by atoms with Gasteiger partial charge in [0.2, 0.25) is 0 Å². The van der Waals surface area contributed by atoms with Gasteiger partial charge in [-0.25, -0.2) is 18.7 Å². The van der Waals surface area contributed by atoms with Crippen molar-refractivity contribution in [2.75, 3.05) is 24.7 Å². The zero-order chi connectivity index (χ0) is 29.4. The largest absolute Gasteiger partial charge is 0.459 e. The third kappa shape index (κ3) is 4.59. The van der Waals surface area contributed by atoms with Gasteiger partial charge >= 0.3 is 0 Å². The number of hydrogen-bond acceptors (Lipinski definition) is 9. The van der Waals surface area contributed by atoms with Crippen LogP contribution >= 0.6 is 11.6 Å². The van der Waals surface area contributed by atoms with Crippen LogP contribution in [0, 0.1) is 5.92 Å². The van der Waals surface area contributed by atoms with Crippen molar-refractivity contribution in [1.29, 1.82) is 0 Å². The number of furan rings is 1. The number of halogens is 3. The minimum atomic E-state index is -2.89. The minimum absolute atomic E-state index is 0.0831. The monoisotopic (exact) mass is 611 g/mol. The lowest BCUT2D eigenvalue weighted by molar-refractivity contribution is 0.0259. The predicted molar refractivity (Wildman–Crippen MR) is 154 cm³/mol. The molecule has 13 heteroatoms. The van der Waals surface area contributed by atoms with E-state index in [1.807, 2.05) is 17.0 Å². The summed E-state index contributed by atoms with van der Waals surface area (Å²) in [4.78, 5) is 15.1. The first-order valence-electron chi connectivity index (χ1n) is 14.3. The third-order valence-corrected chi connectivity index (χ3v) is 8.93. The van der Waals surface area contributed by atoms with E-state index >= 15 is 0 Å². The van der Waals surface area contributed by atoms with Gasteiger partial charge in [0.1, 0.15) is 23.3 Å². The Kier molecular flexibility index (Phi) is 6.44. The van der Waals surface area contributed by atoms with Gasteiger partial charge in [-0.1, -0.05) is 30.7 Å². The van der Waals surface area contributed by atoms with Crippen molar-refractivity contribution in [3.8, 4) is 6.01 Å². The fourth-order valence-electron chi connectivity index (χ4n) is 6.60. The number of aliphatic hydroxyl groups is 1. The number of anilines is 1. The lowest BCUT2D eigenvalue weighted by atomic mass is 9.97. The normalized spacial score (nSPS) is 27.6. The van der Waals surface area contributed by atoms with E-state index in [-0.39, 0.29) is 24.3 Å². The van der Waals surface area contributed by atoms with E-state index in [0.717, 1.165) is 17.5 Å². The average molecular weight is 612 g/mol. The van der Waals surface area contributed by atoms with Gasteiger partial charge in [-0.05, 0) is 36.8 Å². The first-order chi connectivity index (χ1) is 20.9. The zero-order valence-corrected chi connectivity index (χ0v) is 23.8. The maximum absolute atomic E-state index is 14.1. The highest BCUT2D eigenvalue weighted by atomic mass is 35.5. The molecule has 0 aliphatic carbocycles. The molecule has 0 amide bonds. The van der Waals surface area contributed by atoms with Gasteiger partial charge in [-0.15, -0.1) is 0 Å². The van der Waals surface area contributed by atoms with Crippen molar-refractivity contribution in [2.24, 2.45) is 5.92 Å². The van der Waals surface area contributed by atoms with Crippen molar-refractivity contribution < 1.29 is 32.5 Å². The summed E-state index contributed by atoms with van der Waals surface area (Å²) < 4.78 is 54.2. The van der Waals surface area contributed by atoms with E-state index in [1.165, 1.54) is 0 Å². The van der Waals surface area contributed by atoms with Crippen molar-refractivity contribution in [3.63, 3.8) is 0 Å². The minimum Gasteiger partial charge on any atom is -0.459 e. The molecule has 3 saturated heterocycles. The second-order valence-corrected chi connectivity index (χ2v) is 11.9. The van der Waals surface area contributed by atoms with Crippen LogP contribution in [0.1, 0.15) is 38.1 Å². The quantitative estimate of drug-likeness (QED) is 0.243. The van der Waals surface area contributed by atoms with E-state index in [4.69, 9.17) is 35.2 Å². The molecule has 3 aliphatic rings. The standard InChI is InChI=1S/C30H28ClF2N5O5/c1-14-13-40-9-8-19(14)38-20-10-15(31)6-7-18(20)34-30(38)41-16-11-21(24-29(39)43-24)37(12-16)28-25-23(35-27(36-28)26(32)33)17-4-2-3-5-22(17)42-25/h2-7,10,14,16,19,21,24,26,29,39H,8-9,11-13H2,1H3/t14-,16-,19-,21-,24?,29?/m0/s1. The number of nitrogens with zero attached hydrogens (tertiary/aromatic N) is 5. The van der Waals surface area contributed by atoms with Gasteiger partial charge in [0.25, 0.3) is 12.4 Å². The smallest absolute Gasteiger partial charge is 0.297 e. The lowest BCUT2D eigenvalue weighted by Gasteiger charge is -2.31. The van der Waals surface area contributed by atoms with Crippen molar-refractivity contribution in [3.05, 3.63) is 53.3 Å². The molecule has 0 spiro atoms. The molecule has 0 bridgehead atoms. The van der Waals surface area contributed by atoms with Crippen molar-refractivity contribution >= 4 is 50.5 Å². The fourth-order valence-corrected chi connectivity index (χ4v) is 6.76. The first-order valence-corrected chi connectivity index (χ1v) is 14.7. The van der Waals surface area contributed by atoms with Crippen LogP contribution in [0.15, 0.2) is 46.9 Å². The van der Waals surface area contributed by atoms with Crippen LogP contribution in [0.3, 0.4) is 0 Å². The maximum atomic E-state index is 14.1. The molecule has 224 valence electrons. The van der Waals surface area contributed by atoms with Crippen LogP contribution in [0.2, 0.25) is 5.02 Å². The Hall–Kier alpha value is -3.58. The van der Waals surface area contributed by atoms with Crippen LogP contribution in [0.5, 0.6) is 6.01 Å². The van der Waals surface area contributed by atoms with E-state index in [1.54, 1.807) is 30.3 Å². The molecule has 43 heavy (non-hydrogen) atoms. The summed E-state index contributed by atoms with van der Waals surface area (Å²) in [7, 11) is 0. The molecule has 2 unspecified atom stereocenters. The summed E-state index contributed by atoms with van der Waals surface area (Å²) >= 11 is 6.39. The summed E-state index contributed by atoms with van der Waals surface area (Å²) in [5, 5.41) is 11.5. The Morgan fingerprint density at radius 2 is 1.95 bits per heavy atom. The highest BCUT2D eigenvalue weighted by Crippen LogP contribution is 2.42. The molecule has 1 N–H and O–H groups in total. The number of hydrogen-bond donors (Lipinski definition) is 1. The van der Waals surface area contributed by atoms with Gasteiger partial charge < -0.3 is 28.6 Å². The summed E-state index contributed by atoms with van der Waals surface area (Å²) in [5.74, 6) is -0.166. The molecule has 3 aromatic heterocycles. The van der Waals surface area contributed by atoms with E-state index in [0.29, 0.717) is 52.7 Å². The number of alkyl halides is 2. The molecule has 3 aliphatic heterocycles. The van der Waals surface area contributed by atoms with Crippen LogP contribution in [0.4, 0.5) is 14.6 Å². The van der Waals surface area contributed by atoms with Crippen LogP contribution in [0.25, 0.3) is 33.1 Å². The molecule has 0 saturated carbocycles. The van der Waals surface area contributed by atoms with E-state index in [9.17, 15) is 13.9 Å². The molecule has 6 heterocycles. The van der Waals surface area contributed by atoms with Gasteiger partial charge in [-0.3, -0.25) is 4.57 Å². The number of para-hydroxylation sites is 1. The predicted octanol–water partition coefficient (Wildman–Crippen LogP) is 5.66. The van der Waals surface area contributed by atoms with Crippen LogP contribution in [-0.2, 0) is 9.47 Å². The number of aromatic nitrogens is 4. The van der Waals surface area contributed by atoms with Gasteiger partial charge in [0, 0.05) is 35.4 Å². The van der Waals surface area contributed by atoms with Crippen LogP contribution < -0.4 is 9.64 Å². The second-order valence-electron chi connectivity index (χ2n) is 11.5. The van der Waals surface area contributed by atoms with E-state index in [2.05, 4.69) is 21.5 Å². The molecule has 10 nitrogen and oxygen atoms in total. The summed E-state index contributed by atoms with van der Waals surface area (Å²) in [6.45, 7) is 3.65. The lowest BCUT2D eigenvalue weighted by Crippen LogP contribution is -2.36. The van der Waals surface area contributed by atoms with Crippen LogP contribution in [-0.4, -0.2) is 68.9 Å². The Morgan fingerprint density at radius 1 is 1.12 bits per heavy atom. The summed E-state index contributed by atoms with van der Waals surface area (Å²) in [6.07, 6.45) is -3.59. The second kappa shape index (κ2) is 10.3. The van der Waals surface area contributed by atoms with Gasteiger partial charge in [0.15, 0.2) is 23.5 Å². The Balaban J connectivity index is 1.20. The highest BCUT2D eigenvalue weighted by Gasteiger charge is 2.52. The van der Waals surface area contributed by atoms with Crippen molar-refractivity contribution in [1.82, 2.24) is 19.5 Å². The zero-order valence-electron chi connectivity index (χ0n) is 23.1. The maximum Gasteiger partial charge on any atom is 0.297 e. The molecule has 5 aromatic rings. The number of benzene rings is 2. The fraction of sp³-hybridized carbons (Fsp3) is 0.433. The summed E-state index contributed by atoms with van der Waals surface area (Å²) in [5.41, 5.74) is 2.75. The van der Waals surface area contributed by atoms with Gasteiger partial charge in [-0.2, -0.15) is 4.98 Å². The summed E-state index contributed by atoms with van der Waals surface area (Å²) in [6, 6.07) is 12.8. The third-order valence-electron chi connectivity index (χ3n) is 8.69. The highest BCUT2D eigenvalue weighted by molar-refractivity contribution is 6.31. The first kappa shape index (κ1) is 27.0. The number of aliphatic hydroxyl groups excluding tert-OH is 1. The Bertz CT molecular complexity index is 1850.